The van der Waals surface area contributed by atoms with E-state index in [1.807, 2.05) is 43.3 Å². The van der Waals surface area contributed by atoms with Crippen LogP contribution in [0.5, 0.6) is 5.88 Å². The molecule has 0 aliphatic rings. The van der Waals surface area contributed by atoms with Gasteiger partial charge in [-0.1, -0.05) is 0 Å². The third-order valence-corrected chi connectivity index (χ3v) is 3.06. The molecule has 0 fully saturated rings. The van der Waals surface area contributed by atoms with Gasteiger partial charge in [-0.15, -0.1) is 5.10 Å². The Labute approximate surface area is 112 Å². The first-order chi connectivity index (χ1) is 9.22. The van der Waals surface area contributed by atoms with Gasteiger partial charge in [0.2, 0.25) is 5.88 Å². The molecule has 1 atom stereocenters. The number of aryl methyl sites for hydroxylation is 2. The molecule has 0 radical (unpaired) electrons. The van der Waals surface area contributed by atoms with Gasteiger partial charge in [0, 0.05) is 19.3 Å². The lowest BCUT2D eigenvalue weighted by molar-refractivity contribution is 0.389. The van der Waals surface area contributed by atoms with Crippen molar-refractivity contribution in [1.29, 1.82) is 0 Å². The van der Waals surface area contributed by atoms with Crippen LogP contribution in [0.25, 0.3) is 0 Å². The SMILES string of the molecule is CNC(CCc1cnn(C)c1)c1ccc(OC)nn1. The van der Waals surface area contributed by atoms with E-state index < -0.39 is 0 Å². The Kier molecular flexibility index (Phi) is 4.46. The number of methoxy groups -OCH3 is 1. The number of aromatic nitrogens is 4. The summed E-state index contributed by atoms with van der Waals surface area (Å²) >= 11 is 0. The summed E-state index contributed by atoms with van der Waals surface area (Å²) in [6, 6.07) is 3.95. The van der Waals surface area contributed by atoms with Crippen LogP contribution in [-0.2, 0) is 13.5 Å². The summed E-state index contributed by atoms with van der Waals surface area (Å²) in [6.07, 6.45) is 5.83. The number of hydrogen-bond acceptors (Lipinski definition) is 5. The molecule has 2 rings (SSSR count). The van der Waals surface area contributed by atoms with Gasteiger partial charge >= 0.3 is 0 Å². The second-order valence-corrected chi connectivity index (χ2v) is 4.40. The van der Waals surface area contributed by atoms with E-state index in [2.05, 4.69) is 20.6 Å². The minimum absolute atomic E-state index is 0.179. The lowest BCUT2D eigenvalue weighted by atomic mass is 10.1. The van der Waals surface area contributed by atoms with E-state index in [0.29, 0.717) is 5.88 Å². The maximum Gasteiger partial charge on any atom is 0.233 e. The first kappa shape index (κ1) is 13.5. The fraction of sp³-hybridized carbons (Fsp3) is 0.462. The molecule has 6 heteroatoms. The summed E-state index contributed by atoms with van der Waals surface area (Å²) in [5.41, 5.74) is 2.15. The molecule has 0 aromatic carbocycles. The molecule has 1 N–H and O–H groups in total. The Morgan fingerprint density at radius 2 is 2.21 bits per heavy atom. The molecular weight excluding hydrogens is 242 g/mol. The van der Waals surface area contributed by atoms with Crippen molar-refractivity contribution in [2.45, 2.75) is 18.9 Å². The smallest absolute Gasteiger partial charge is 0.233 e. The van der Waals surface area contributed by atoms with E-state index in [1.54, 1.807) is 7.11 Å². The molecule has 0 saturated carbocycles. The van der Waals surface area contributed by atoms with Gasteiger partial charge in [-0.2, -0.15) is 10.2 Å². The van der Waals surface area contributed by atoms with Gasteiger partial charge in [0.15, 0.2) is 0 Å². The quantitative estimate of drug-likeness (QED) is 0.844. The molecule has 0 amide bonds. The first-order valence-electron chi connectivity index (χ1n) is 6.25. The summed E-state index contributed by atoms with van der Waals surface area (Å²) in [4.78, 5) is 0. The molecule has 0 bridgehead atoms. The normalized spacial score (nSPS) is 12.4. The number of hydrogen-bond donors (Lipinski definition) is 1. The monoisotopic (exact) mass is 261 g/mol. The molecular formula is C13H19N5O. The van der Waals surface area contributed by atoms with Gasteiger partial charge in [0.25, 0.3) is 0 Å². The van der Waals surface area contributed by atoms with Crippen LogP contribution in [0.4, 0.5) is 0 Å². The molecule has 1 unspecified atom stereocenters. The van der Waals surface area contributed by atoms with E-state index >= 15 is 0 Å². The van der Waals surface area contributed by atoms with Crippen LogP contribution in [0.1, 0.15) is 23.7 Å². The fourth-order valence-electron chi connectivity index (χ4n) is 1.98. The number of ether oxygens (including phenoxy) is 1. The molecule has 2 heterocycles. The van der Waals surface area contributed by atoms with Crippen molar-refractivity contribution >= 4 is 0 Å². The molecule has 0 spiro atoms. The largest absolute Gasteiger partial charge is 0.480 e. The van der Waals surface area contributed by atoms with Crippen LogP contribution in [0, 0.1) is 0 Å². The van der Waals surface area contributed by atoms with Crippen molar-refractivity contribution in [3.8, 4) is 5.88 Å². The fourth-order valence-corrected chi connectivity index (χ4v) is 1.98. The van der Waals surface area contributed by atoms with Crippen LogP contribution in [0.3, 0.4) is 0 Å². The molecule has 0 aliphatic carbocycles. The standard InChI is InChI=1S/C13H19N5O/c1-14-11(5-4-10-8-15-18(2)9-10)12-6-7-13(19-3)17-16-12/h6-9,11,14H,4-5H2,1-3H3. The summed E-state index contributed by atoms with van der Waals surface area (Å²) < 4.78 is 6.83. The minimum Gasteiger partial charge on any atom is -0.480 e. The van der Waals surface area contributed by atoms with E-state index in [9.17, 15) is 0 Å². The lowest BCUT2D eigenvalue weighted by Crippen LogP contribution is -2.18. The molecule has 2 aromatic rings. The van der Waals surface area contributed by atoms with Crippen LogP contribution < -0.4 is 10.1 Å². The van der Waals surface area contributed by atoms with Crippen molar-refractivity contribution in [2.75, 3.05) is 14.2 Å². The summed E-state index contributed by atoms with van der Waals surface area (Å²) in [6.45, 7) is 0. The lowest BCUT2D eigenvalue weighted by Gasteiger charge is -2.14. The highest BCUT2D eigenvalue weighted by Crippen LogP contribution is 2.17. The molecule has 0 aliphatic heterocycles. The van der Waals surface area contributed by atoms with Crippen molar-refractivity contribution in [1.82, 2.24) is 25.3 Å². The highest BCUT2D eigenvalue weighted by atomic mass is 16.5. The van der Waals surface area contributed by atoms with Gasteiger partial charge in [0.05, 0.1) is 25.0 Å². The van der Waals surface area contributed by atoms with Gasteiger partial charge in [-0.3, -0.25) is 4.68 Å². The Bertz CT molecular complexity index is 508. The predicted octanol–water partition coefficient (Wildman–Crippen LogP) is 1.11. The van der Waals surface area contributed by atoms with Gasteiger partial charge < -0.3 is 10.1 Å². The van der Waals surface area contributed by atoms with E-state index in [4.69, 9.17) is 4.74 Å². The summed E-state index contributed by atoms with van der Waals surface area (Å²) in [7, 11) is 5.44. The van der Waals surface area contributed by atoms with Crippen molar-refractivity contribution in [3.05, 3.63) is 35.8 Å². The van der Waals surface area contributed by atoms with E-state index in [0.717, 1.165) is 18.5 Å². The van der Waals surface area contributed by atoms with Gasteiger partial charge in [-0.05, 0) is 31.5 Å². The first-order valence-corrected chi connectivity index (χ1v) is 6.25. The molecule has 2 aromatic heterocycles. The molecule has 19 heavy (non-hydrogen) atoms. The van der Waals surface area contributed by atoms with Gasteiger partial charge in [-0.25, -0.2) is 0 Å². The number of nitrogens with one attached hydrogen (secondary N) is 1. The van der Waals surface area contributed by atoms with Crippen molar-refractivity contribution < 1.29 is 4.74 Å². The second-order valence-electron chi connectivity index (χ2n) is 4.40. The average Bonchev–Trinajstić information content (AvgIpc) is 2.86. The Morgan fingerprint density at radius 3 is 2.74 bits per heavy atom. The molecule has 6 nitrogen and oxygen atoms in total. The average molecular weight is 261 g/mol. The zero-order valence-corrected chi connectivity index (χ0v) is 11.5. The Balaban J connectivity index is 1.98. The maximum absolute atomic E-state index is 5.01. The Morgan fingerprint density at radius 1 is 1.37 bits per heavy atom. The number of rotatable bonds is 6. The minimum atomic E-state index is 0.179. The predicted molar refractivity (Wildman–Crippen MR) is 71.9 cm³/mol. The number of nitrogens with zero attached hydrogens (tertiary/aromatic N) is 4. The van der Waals surface area contributed by atoms with Gasteiger partial charge in [0.1, 0.15) is 0 Å². The third-order valence-electron chi connectivity index (χ3n) is 3.06. The van der Waals surface area contributed by atoms with Crippen LogP contribution in [0.2, 0.25) is 0 Å². The zero-order chi connectivity index (χ0) is 13.7. The summed E-state index contributed by atoms with van der Waals surface area (Å²) in [5, 5.41) is 15.6. The topological polar surface area (TPSA) is 64.9 Å². The molecule has 0 saturated heterocycles. The summed E-state index contributed by atoms with van der Waals surface area (Å²) in [5.74, 6) is 0.533. The maximum atomic E-state index is 5.01. The highest BCUT2D eigenvalue weighted by molar-refractivity contribution is 5.14. The van der Waals surface area contributed by atoms with Crippen molar-refractivity contribution in [2.24, 2.45) is 7.05 Å². The molecule has 102 valence electrons. The Hall–Kier alpha value is -1.95. The second kappa shape index (κ2) is 6.29. The van der Waals surface area contributed by atoms with Crippen LogP contribution in [-0.4, -0.2) is 34.1 Å². The highest BCUT2D eigenvalue weighted by Gasteiger charge is 2.12. The zero-order valence-electron chi connectivity index (χ0n) is 11.5. The van der Waals surface area contributed by atoms with E-state index in [-0.39, 0.29) is 6.04 Å². The van der Waals surface area contributed by atoms with E-state index in [1.165, 1.54) is 5.56 Å². The van der Waals surface area contributed by atoms with Crippen LogP contribution >= 0.6 is 0 Å². The van der Waals surface area contributed by atoms with Crippen molar-refractivity contribution in [3.63, 3.8) is 0 Å². The van der Waals surface area contributed by atoms with Crippen LogP contribution in [0.15, 0.2) is 24.5 Å². The third kappa shape index (κ3) is 3.51.